The van der Waals surface area contributed by atoms with E-state index in [1.54, 1.807) is 19.8 Å². The molecule has 1 saturated carbocycles. The fourth-order valence-electron chi connectivity index (χ4n) is 3.00. The number of methoxy groups -OCH3 is 1. The molecule has 0 radical (unpaired) electrons. The SMILES string of the molecule is COc1cccc(SCC(=O)NC2CCC(n3cncn3)CC2)c1. The molecule has 1 aliphatic rings. The molecule has 0 unspecified atom stereocenters. The number of hydrogen-bond acceptors (Lipinski definition) is 5. The van der Waals surface area contributed by atoms with E-state index in [1.165, 1.54) is 11.8 Å². The van der Waals surface area contributed by atoms with Crippen LogP contribution in [-0.2, 0) is 4.79 Å². The molecule has 1 amide bonds. The number of ether oxygens (including phenoxy) is 1. The normalized spacial score (nSPS) is 20.5. The summed E-state index contributed by atoms with van der Waals surface area (Å²) in [4.78, 5) is 17.2. The van der Waals surface area contributed by atoms with Crippen LogP contribution in [0.5, 0.6) is 5.75 Å². The van der Waals surface area contributed by atoms with Gasteiger partial charge in [-0.25, -0.2) is 9.67 Å². The molecule has 1 fully saturated rings. The Morgan fingerprint density at radius 1 is 1.38 bits per heavy atom. The molecule has 3 rings (SSSR count). The van der Waals surface area contributed by atoms with Gasteiger partial charge in [-0.05, 0) is 43.9 Å². The molecule has 0 aliphatic heterocycles. The van der Waals surface area contributed by atoms with Gasteiger partial charge in [0.2, 0.25) is 5.91 Å². The van der Waals surface area contributed by atoms with Gasteiger partial charge in [-0.3, -0.25) is 4.79 Å². The molecule has 1 aromatic heterocycles. The Morgan fingerprint density at radius 3 is 2.92 bits per heavy atom. The standard InChI is InChI=1S/C17H22N4O2S/c1-23-15-3-2-4-16(9-15)24-10-17(22)20-13-5-7-14(8-6-13)21-12-18-11-19-21/h2-4,9,11-14H,5-8,10H2,1H3,(H,20,22). The molecule has 0 bridgehead atoms. The molecule has 128 valence electrons. The van der Waals surface area contributed by atoms with E-state index in [0.29, 0.717) is 11.8 Å². The van der Waals surface area contributed by atoms with Crippen molar-refractivity contribution in [2.75, 3.05) is 12.9 Å². The molecular formula is C17H22N4O2S. The van der Waals surface area contributed by atoms with Gasteiger partial charge in [0.25, 0.3) is 0 Å². The molecule has 2 aromatic rings. The Hall–Kier alpha value is -2.02. The average Bonchev–Trinajstić information content (AvgIpc) is 3.15. The first-order valence-corrected chi connectivity index (χ1v) is 9.13. The fraction of sp³-hybridized carbons (Fsp3) is 0.471. The number of carbonyl (C=O) groups is 1. The molecular weight excluding hydrogens is 324 g/mol. The van der Waals surface area contributed by atoms with Crippen molar-refractivity contribution in [3.05, 3.63) is 36.9 Å². The molecule has 0 spiro atoms. The van der Waals surface area contributed by atoms with Crippen LogP contribution in [0.2, 0.25) is 0 Å². The van der Waals surface area contributed by atoms with Crippen molar-refractivity contribution in [3.8, 4) is 5.75 Å². The minimum atomic E-state index is 0.0898. The number of rotatable bonds is 6. The van der Waals surface area contributed by atoms with Crippen molar-refractivity contribution in [3.63, 3.8) is 0 Å². The van der Waals surface area contributed by atoms with E-state index in [9.17, 15) is 4.79 Å². The summed E-state index contributed by atoms with van der Waals surface area (Å²) in [6.45, 7) is 0. The molecule has 24 heavy (non-hydrogen) atoms. The number of hydrogen-bond donors (Lipinski definition) is 1. The summed E-state index contributed by atoms with van der Waals surface area (Å²) in [6.07, 6.45) is 7.37. The average molecular weight is 346 g/mol. The Labute approximate surface area is 146 Å². The highest BCUT2D eigenvalue weighted by Gasteiger charge is 2.23. The number of nitrogens with one attached hydrogen (secondary N) is 1. The molecule has 0 atom stereocenters. The molecule has 1 heterocycles. The fourth-order valence-corrected chi connectivity index (χ4v) is 3.76. The third-order valence-electron chi connectivity index (χ3n) is 4.28. The third-order valence-corrected chi connectivity index (χ3v) is 5.28. The zero-order valence-corrected chi connectivity index (χ0v) is 14.5. The van der Waals surface area contributed by atoms with Gasteiger partial charge in [0, 0.05) is 10.9 Å². The van der Waals surface area contributed by atoms with E-state index in [1.807, 2.05) is 28.9 Å². The van der Waals surface area contributed by atoms with Crippen molar-refractivity contribution < 1.29 is 9.53 Å². The molecule has 1 N–H and O–H groups in total. The van der Waals surface area contributed by atoms with Crippen LogP contribution in [0, 0.1) is 0 Å². The highest BCUT2D eigenvalue weighted by molar-refractivity contribution is 8.00. The second-order valence-electron chi connectivity index (χ2n) is 5.92. The maximum Gasteiger partial charge on any atom is 0.230 e. The summed E-state index contributed by atoms with van der Waals surface area (Å²) < 4.78 is 7.13. The summed E-state index contributed by atoms with van der Waals surface area (Å²) in [6, 6.07) is 8.45. The highest BCUT2D eigenvalue weighted by atomic mass is 32.2. The molecule has 0 saturated heterocycles. The Morgan fingerprint density at radius 2 is 2.21 bits per heavy atom. The van der Waals surface area contributed by atoms with E-state index in [-0.39, 0.29) is 11.9 Å². The predicted molar refractivity (Wildman–Crippen MR) is 93.2 cm³/mol. The van der Waals surface area contributed by atoms with Crippen LogP contribution in [0.15, 0.2) is 41.8 Å². The first-order valence-electron chi connectivity index (χ1n) is 8.15. The van der Waals surface area contributed by atoms with Crippen molar-refractivity contribution in [1.82, 2.24) is 20.1 Å². The largest absolute Gasteiger partial charge is 0.497 e. The van der Waals surface area contributed by atoms with Crippen LogP contribution < -0.4 is 10.1 Å². The third kappa shape index (κ3) is 4.50. The van der Waals surface area contributed by atoms with Gasteiger partial charge in [0.05, 0.1) is 18.9 Å². The van der Waals surface area contributed by atoms with E-state index in [0.717, 1.165) is 36.3 Å². The Balaban J connectivity index is 1.41. The van der Waals surface area contributed by atoms with Gasteiger partial charge >= 0.3 is 0 Å². The number of nitrogens with zero attached hydrogens (tertiary/aromatic N) is 3. The summed E-state index contributed by atoms with van der Waals surface area (Å²) in [5, 5.41) is 7.35. The summed E-state index contributed by atoms with van der Waals surface area (Å²) in [5.41, 5.74) is 0. The first kappa shape index (κ1) is 16.8. The van der Waals surface area contributed by atoms with Crippen molar-refractivity contribution in [1.29, 1.82) is 0 Å². The highest BCUT2D eigenvalue weighted by Crippen LogP contribution is 2.28. The lowest BCUT2D eigenvalue weighted by Gasteiger charge is -2.28. The first-order chi connectivity index (χ1) is 11.7. The number of aromatic nitrogens is 3. The summed E-state index contributed by atoms with van der Waals surface area (Å²) >= 11 is 1.53. The van der Waals surface area contributed by atoms with Gasteiger partial charge in [-0.15, -0.1) is 11.8 Å². The van der Waals surface area contributed by atoms with Crippen molar-refractivity contribution >= 4 is 17.7 Å². The van der Waals surface area contributed by atoms with Crippen molar-refractivity contribution in [2.45, 2.75) is 42.7 Å². The predicted octanol–water partition coefficient (Wildman–Crippen LogP) is 2.68. The van der Waals surface area contributed by atoms with Crippen LogP contribution in [0.25, 0.3) is 0 Å². The smallest absolute Gasteiger partial charge is 0.230 e. The molecule has 1 aromatic carbocycles. The number of thioether (sulfide) groups is 1. The summed E-state index contributed by atoms with van der Waals surface area (Å²) in [5.74, 6) is 1.33. The monoisotopic (exact) mass is 346 g/mol. The van der Waals surface area contributed by atoms with Gasteiger partial charge in [-0.1, -0.05) is 6.07 Å². The lowest BCUT2D eigenvalue weighted by Crippen LogP contribution is -2.38. The van der Waals surface area contributed by atoms with E-state index in [2.05, 4.69) is 15.4 Å². The number of carbonyl (C=O) groups excluding carboxylic acids is 1. The Bertz CT molecular complexity index is 654. The maximum atomic E-state index is 12.2. The van der Waals surface area contributed by atoms with Gasteiger partial charge in [0.15, 0.2) is 0 Å². The number of amides is 1. The van der Waals surface area contributed by atoms with Crippen LogP contribution in [0.1, 0.15) is 31.7 Å². The minimum Gasteiger partial charge on any atom is -0.497 e. The van der Waals surface area contributed by atoms with Crippen LogP contribution >= 0.6 is 11.8 Å². The van der Waals surface area contributed by atoms with Crippen LogP contribution in [-0.4, -0.2) is 39.6 Å². The van der Waals surface area contributed by atoms with Gasteiger partial charge in [-0.2, -0.15) is 5.10 Å². The van der Waals surface area contributed by atoms with Crippen LogP contribution in [0.3, 0.4) is 0 Å². The maximum absolute atomic E-state index is 12.2. The summed E-state index contributed by atoms with van der Waals surface area (Å²) in [7, 11) is 1.64. The van der Waals surface area contributed by atoms with Gasteiger partial charge in [0.1, 0.15) is 18.4 Å². The number of benzene rings is 1. The zero-order chi connectivity index (χ0) is 16.8. The molecule has 6 nitrogen and oxygen atoms in total. The van der Waals surface area contributed by atoms with E-state index < -0.39 is 0 Å². The zero-order valence-electron chi connectivity index (χ0n) is 13.7. The Kier molecular flexibility index (Phi) is 5.74. The van der Waals surface area contributed by atoms with Crippen molar-refractivity contribution in [2.24, 2.45) is 0 Å². The lowest BCUT2D eigenvalue weighted by atomic mass is 9.91. The second-order valence-corrected chi connectivity index (χ2v) is 6.96. The topological polar surface area (TPSA) is 69.0 Å². The molecule has 7 heteroatoms. The minimum absolute atomic E-state index is 0.0898. The molecule has 1 aliphatic carbocycles. The van der Waals surface area contributed by atoms with Crippen LogP contribution in [0.4, 0.5) is 0 Å². The van der Waals surface area contributed by atoms with E-state index in [4.69, 9.17) is 4.74 Å². The lowest BCUT2D eigenvalue weighted by molar-refractivity contribution is -0.119. The van der Waals surface area contributed by atoms with E-state index >= 15 is 0 Å². The van der Waals surface area contributed by atoms with Gasteiger partial charge < -0.3 is 10.1 Å². The second kappa shape index (κ2) is 8.19. The quantitative estimate of drug-likeness (QED) is 0.815.